The second-order valence-electron chi connectivity index (χ2n) is 7.81. The second kappa shape index (κ2) is 8.11. The van der Waals surface area contributed by atoms with Crippen LogP contribution in [0.3, 0.4) is 0 Å². The molecule has 5 nitrogen and oxygen atoms in total. The predicted molar refractivity (Wildman–Crippen MR) is 98.8 cm³/mol. The average molecular weight is 342 g/mol. The van der Waals surface area contributed by atoms with Crippen molar-refractivity contribution in [1.29, 1.82) is 0 Å². The van der Waals surface area contributed by atoms with Gasteiger partial charge in [-0.2, -0.15) is 5.10 Å². The van der Waals surface area contributed by atoms with Gasteiger partial charge in [-0.3, -0.25) is 4.90 Å². The largest absolute Gasteiger partial charge is 0.389 e. The Bertz CT molecular complexity index is 647. The van der Waals surface area contributed by atoms with Crippen molar-refractivity contribution in [3.05, 3.63) is 48.0 Å². The maximum Gasteiger partial charge on any atom is 0.141 e. The van der Waals surface area contributed by atoms with Crippen LogP contribution in [-0.2, 0) is 19.6 Å². The Balaban J connectivity index is 1.75. The van der Waals surface area contributed by atoms with E-state index in [0.29, 0.717) is 19.0 Å². The van der Waals surface area contributed by atoms with Crippen LogP contribution in [0.1, 0.15) is 50.9 Å². The lowest BCUT2D eigenvalue weighted by molar-refractivity contribution is 0.00343. The first-order valence-corrected chi connectivity index (χ1v) is 9.39. The van der Waals surface area contributed by atoms with Crippen LogP contribution in [0.4, 0.5) is 0 Å². The van der Waals surface area contributed by atoms with E-state index >= 15 is 0 Å². The standard InChI is InChI=1S/C20H30N4O/c1-17(2)12-24-19(21-16-22-24)14-23(13-18-8-4-3-5-9-18)15-20(25)10-6-7-11-20/h3-5,8-9,16-17,25H,6-7,10-15H2,1-2H3. The maximum atomic E-state index is 10.9. The van der Waals surface area contributed by atoms with Gasteiger partial charge in [-0.15, -0.1) is 0 Å². The van der Waals surface area contributed by atoms with E-state index in [-0.39, 0.29) is 0 Å². The van der Waals surface area contributed by atoms with Crippen LogP contribution in [0.2, 0.25) is 0 Å². The quantitative estimate of drug-likeness (QED) is 0.800. The topological polar surface area (TPSA) is 54.2 Å². The van der Waals surface area contributed by atoms with Crippen LogP contribution in [0.25, 0.3) is 0 Å². The molecule has 1 aromatic heterocycles. The third-order valence-corrected chi connectivity index (χ3v) is 4.90. The van der Waals surface area contributed by atoms with Gasteiger partial charge >= 0.3 is 0 Å². The van der Waals surface area contributed by atoms with E-state index in [2.05, 4.69) is 53.1 Å². The molecule has 0 saturated heterocycles. The minimum absolute atomic E-state index is 0.530. The molecular weight excluding hydrogens is 312 g/mol. The molecule has 1 aliphatic carbocycles. The van der Waals surface area contributed by atoms with E-state index in [1.807, 2.05) is 10.7 Å². The minimum atomic E-state index is -0.558. The lowest BCUT2D eigenvalue weighted by atomic mass is 10.0. The number of rotatable bonds is 8. The van der Waals surface area contributed by atoms with E-state index in [4.69, 9.17) is 0 Å². The summed E-state index contributed by atoms with van der Waals surface area (Å²) in [6, 6.07) is 10.5. The van der Waals surface area contributed by atoms with Gasteiger partial charge in [0.1, 0.15) is 12.2 Å². The lowest BCUT2D eigenvalue weighted by Gasteiger charge is -2.31. The smallest absolute Gasteiger partial charge is 0.141 e. The summed E-state index contributed by atoms with van der Waals surface area (Å²) in [4.78, 5) is 6.80. The summed E-state index contributed by atoms with van der Waals surface area (Å²) in [7, 11) is 0. The fourth-order valence-corrected chi connectivity index (χ4v) is 3.73. The highest BCUT2D eigenvalue weighted by molar-refractivity contribution is 5.14. The molecule has 25 heavy (non-hydrogen) atoms. The normalized spacial score (nSPS) is 16.8. The Morgan fingerprint density at radius 1 is 1.16 bits per heavy atom. The number of hydrogen-bond acceptors (Lipinski definition) is 4. The fraction of sp³-hybridized carbons (Fsp3) is 0.600. The maximum absolute atomic E-state index is 10.9. The lowest BCUT2D eigenvalue weighted by Crippen LogP contribution is -2.41. The van der Waals surface area contributed by atoms with Crippen molar-refractivity contribution in [3.8, 4) is 0 Å². The van der Waals surface area contributed by atoms with Gasteiger partial charge in [0, 0.05) is 19.6 Å². The highest BCUT2D eigenvalue weighted by Crippen LogP contribution is 2.31. The Labute approximate surface area is 150 Å². The summed E-state index contributed by atoms with van der Waals surface area (Å²) in [6.45, 7) is 7.47. The summed E-state index contributed by atoms with van der Waals surface area (Å²) in [5, 5.41) is 15.3. The molecule has 0 unspecified atom stereocenters. The van der Waals surface area contributed by atoms with Gasteiger partial charge in [0.05, 0.1) is 12.1 Å². The summed E-state index contributed by atoms with van der Waals surface area (Å²) in [6.07, 6.45) is 5.69. The Hall–Kier alpha value is -1.72. The van der Waals surface area contributed by atoms with Gasteiger partial charge in [0.25, 0.3) is 0 Å². The monoisotopic (exact) mass is 342 g/mol. The molecular formula is C20H30N4O. The van der Waals surface area contributed by atoms with Crippen LogP contribution in [0.5, 0.6) is 0 Å². The molecule has 1 N–H and O–H groups in total. The first-order valence-electron chi connectivity index (χ1n) is 9.39. The number of benzene rings is 1. The highest BCUT2D eigenvalue weighted by Gasteiger charge is 2.33. The predicted octanol–water partition coefficient (Wildman–Crippen LogP) is 3.24. The first-order chi connectivity index (χ1) is 12.0. The zero-order chi connectivity index (χ0) is 17.7. The third-order valence-electron chi connectivity index (χ3n) is 4.90. The van der Waals surface area contributed by atoms with Crippen LogP contribution < -0.4 is 0 Å². The number of aromatic nitrogens is 3. The molecule has 0 amide bonds. The van der Waals surface area contributed by atoms with Gasteiger partial charge in [-0.1, -0.05) is 57.0 Å². The van der Waals surface area contributed by atoms with Crippen molar-refractivity contribution < 1.29 is 5.11 Å². The van der Waals surface area contributed by atoms with E-state index in [0.717, 1.165) is 44.6 Å². The zero-order valence-electron chi connectivity index (χ0n) is 15.4. The van der Waals surface area contributed by atoms with Gasteiger partial charge in [-0.25, -0.2) is 9.67 Å². The molecule has 0 spiro atoms. The van der Waals surface area contributed by atoms with E-state index < -0.39 is 5.60 Å². The Morgan fingerprint density at radius 3 is 2.56 bits per heavy atom. The van der Waals surface area contributed by atoms with E-state index in [1.165, 1.54) is 5.56 Å². The molecule has 0 radical (unpaired) electrons. The molecule has 0 bridgehead atoms. The molecule has 1 aliphatic rings. The summed E-state index contributed by atoms with van der Waals surface area (Å²) in [5.74, 6) is 1.51. The number of nitrogens with zero attached hydrogens (tertiary/aromatic N) is 4. The van der Waals surface area contributed by atoms with Crippen molar-refractivity contribution >= 4 is 0 Å². The van der Waals surface area contributed by atoms with Crippen LogP contribution >= 0.6 is 0 Å². The number of hydrogen-bond donors (Lipinski definition) is 1. The average Bonchev–Trinajstić information content (AvgIpc) is 3.17. The van der Waals surface area contributed by atoms with Gasteiger partial charge < -0.3 is 5.11 Å². The molecule has 3 rings (SSSR count). The van der Waals surface area contributed by atoms with E-state index in [1.54, 1.807) is 6.33 Å². The summed E-state index contributed by atoms with van der Waals surface area (Å²) < 4.78 is 2.00. The fourth-order valence-electron chi connectivity index (χ4n) is 3.73. The van der Waals surface area contributed by atoms with Gasteiger partial charge in [-0.05, 0) is 24.3 Å². The molecule has 136 valence electrons. The second-order valence-corrected chi connectivity index (χ2v) is 7.81. The van der Waals surface area contributed by atoms with Crippen molar-refractivity contribution in [2.24, 2.45) is 5.92 Å². The van der Waals surface area contributed by atoms with Crippen molar-refractivity contribution in [2.45, 2.75) is 64.8 Å². The van der Waals surface area contributed by atoms with E-state index in [9.17, 15) is 5.11 Å². The molecule has 0 atom stereocenters. The molecule has 2 aromatic rings. The van der Waals surface area contributed by atoms with Crippen LogP contribution in [0.15, 0.2) is 36.7 Å². The third kappa shape index (κ3) is 5.13. The Kier molecular flexibility index (Phi) is 5.86. The van der Waals surface area contributed by atoms with Gasteiger partial charge in [0.15, 0.2) is 0 Å². The summed E-state index contributed by atoms with van der Waals surface area (Å²) in [5.41, 5.74) is 0.705. The van der Waals surface area contributed by atoms with Crippen molar-refractivity contribution in [1.82, 2.24) is 19.7 Å². The van der Waals surface area contributed by atoms with Crippen LogP contribution in [0, 0.1) is 5.92 Å². The molecule has 1 heterocycles. The first kappa shape index (κ1) is 18.1. The van der Waals surface area contributed by atoms with Crippen LogP contribution in [-0.4, -0.2) is 36.9 Å². The SMILES string of the molecule is CC(C)Cn1ncnc1CN(Cc1ccccc1)CC1(O)CCCC1. The molecule has 0 aliphatic heterocycles. The van der Waals surface area contributed by atoms with Crippen molar-refractivity contribution in [2.75, 3.05) is 6.54 Å². The summed E-state index contributed by atoms with van der Waals surface area (Å²) >= 11 is 0. The van der Waals surface area contributed by atoms with Gasteiger partial charge in [0.2, 0.25) is 0 Å². The van der Waals surface area contributed by atoms with Crippen molar-refractivity contribution in [3.63, 3.8) is 0 Å². The molecule has 1 aromatic carbocycles. The molecule has 5 heteroatoms. The zero-order valence-corrected chi connectivity index (χ0v) is 15.4. The highest BCUT2D eigenvalue weighted by atomic mass is 16.3. The molecule has 1 saturated carbocycles. The minimum Gasteiger partial charge on any atom is -0.389 e. The number of aliphatic hydroxyl groups is 1. The molecule has 1 fully saturated rings. The Morgan fingerprint density at radius 2 is 1.88 bits per heavy atom.